The second-order valence-electron chi connectivity index (χ2n) is 12.5. The summed E-state index contributed by atoms with van der Waals surface area (Å²) in [4.78, 5) is 23.6. The summed E-state index contributed by atoms with van der Waals surface area (Å²) < 4.78 is 0. The minimum absolute atomic E-state index is 0.0222. The van der Waals surface area contributed by atoms with E-state index in [2.05, 4.69) is 13.8 Å². The largest absolute Gasteiger partial charge is 0.277 e. The Bertz CT molecular complexity index is 1040. The summed E-state index contributed by atoms with van der Waals surface area (Å²) in [6.07, 6.45) is 19.2. The molecule has 0 bridgehead atoms. The predicted octanol–water partition coefficient (Wildman–Crippen LogP) is 10.9. The molecule has 0 N–H and O–H groups in total. The Hall–Kier alpha value is -2.76. The predicted molar refractivity (Wildman–Crippen MR) is 163 cm³/mol. The molecule has 2 saturated carbocycles. The van der Waals surface area contributed by atoms with Crippen LogP contribution in [0.25, 0.3) is 11.1 Å². The van der Waals surface area contributed by atoms with Gasteiger partial charge in [0.2, 0.25) is 0 Å². The number of rotatable bonds is 13. The van der Waals surface area contributed by atoms with E-state index in [4.69, 9.17) is 0 Å². The lowest BCUT2D eigenvalue weighted by atomic mass is 9.76. The van der Waals surface area contributed by atoms with Gasteiger partial charge in [0.15, 0.2) is 0 Å². The summed E-state index contributed by atoms with van der Waals surface area (Å²) >= 11 is 0. The first-order valence-electron chi connectivity index (χ1n) is 16.0. The molecular weight excluding hydrogens is 500 g/mol. The molecule has 4 rings (SSSR count). The normalized spacial score (nSPS) is 23.1. The molecule has 2 aliphatic carbocycles. The molecule has 0 unspecified atom stereocenters. The lowest BCUT2D eigenvalue weighted by molar-refractivity contribution is -0.386. The van der Waals surface area contributed by atoms with Crippen LogP contribution in [0, 0.1) is 32.1 Å². The van der Waals surface area contributed by atoms with Gasteiger partial charge in [0.05, 0.1) is 21.0 Å². The zero-order chi connectivity index (χ0) is 28.5. The molecule has 0 saturated heterocycles. The van der Waals surface area contributed by atoms with Crippen molar-refractivity contribution >= 4 is 11.4 Å². The van der Waals surface area contributed by atoms with Crippen LogP contribution in [0.15, 0.2) is 36.4 Å². The smallest absolute Gasteiger partial charge is 0.258 e. The third-order valence-corrected chi connectivity index (χ3v) is 9.80. The van der Waals surface area contributed by atoms with Crippen molar-refractivity contribution in [2.75, 3.05) is 0 Å². The van der Waals surface area contributed by atoms with Gasteiger partial charge in [-0.15, -0.1) is 0 Å². The van der Waals surface area contributed by atoms with E-state index >= 15 is 0 Å². The molecular formula is C34H48N2O4. The first-order chi connectivity index (χ1) is 19.4. The fraction of sp³-hybridized carbons (Fsp3) is 0.647. The summed E-state index contributed by atoms with van der Waals surface area (Å²) in [7, 11) is 0. The number of nitro groups is 2. The number of benzene rings is 2. The molecule has 2 fully saturated rings. The molecule has 0 aliphatic heterocycles. The average molecular weight is 549 g/mol. The van der Waals surface area contributed by atoms with Crippen LogP contribution in [0.5, 0.6) is 0 Å². The van der Waals surface area contributed by atoms with E-state index in [0.717, 1.165) is 48.6 Å². The van der Waals surface area contributed by atoms with E-state index < -0.39 is 0 Å². The Balaban J connectivity index is 1.49. The Morgan fingerprint density at radius 3 is 1.30 bits per heavy atom. The first-order valence-corrected chi connectivity index (χ1v) is 16.0. The standard InChI is InChI=1S/C34H48N2O4/c1-3-5-7-9-25-11-15-27(16-12-25)29-19-21-31(33(23-29)35(37)38)32-22-20-30(24-34(32)36(39)40)28-17-13-26(14-18-28)10-8-6-4-2/h19-28H,3-18H2,1-2H3. The van der Waals surface area contributed by atoms with Gasteiger partial charge < -0.3 is 0 Å². The SMILES string of the molecule is CCCCCC1CCC(c2ccc(-c3ccc(C4CCC(CCCCC)CC4)cc3[N+](=O)[O-])c([N+](=O)[O-])c2)CC1. The zero-order valence-electron chi connectivity index (χ0n) is 24.6. The lowest BCUT2D eigenvalue weighted by Crippen LogP contribution is -2.14. The highest BCUT2D eigenvalue weighted by atomic mass is 16.6. The van der Waals surface area contributed by atoms with Gasteiger partial charge in [-0.2, -0.15) is 0 Å². The third-order valence-electron chi connectivity index (χ3n) is 9.80. The monoisotopic (exact) mass is 548 g/mol. The maximum Gasteiger partial charge on any atom is 0.277 e. The molecule has 6 heteroatoms. The highest BCUT2D eigenvalue weighted by molar-refractivity contribution is 5.81. The van der Waals surface area contributed by atoms with Crippen LogP contribution >= 0.6 is 0 Å². The quantitative estimate of drug-likeness (QED) is 0.141. The van der Waals surface area contributed by atoms with Crippen LogP contribution < -0.4 is 0 Å². The summed E-state index contributed by atoms with van der Waals surface area (Å²) in [5.74, 6) is 2.19. The molecule has 0 atom stereocenters. The summed E-state index contributed by atoms with van der Waals surface area (Å²) in [6.45, 7) is 4.47. The Morgan fingerprint density at radius 2 is 0.975 bits per heavy atom. The van der Waals surface area contributed by atoms with Crippen LogP contribution in [0.3, 0.4) is 0 Å². The summed E-state index contributed by atoms with van der Waals surface area (Å²) in [6, 6.07) is 10.8. The molecule has 6 nitrogen and oxygen atoms in total. The Morgan fingerprint density at radius 1 is 0.600 bits per heavy atom. The van der Waals surface area contributed by atoms with Crippen molar-refractivity contribution < 1.29 is 9.85 Å². The fourth-order valence-electron chi connectivity index (χ4n) is 7.30. The van der Waals surface area contributed by atoms with Crippen molar-refractivity contribution in [3.05, 3.63) is 67.8 Å². The van der Waals surface area contributed by atoms with Gasteiger partial charge >= 0.3 is 0 Å². The van der Waals surface area contributed by atoms with E-state index in [1.807, 2.05) is 12.1 Å². The minimum atomic E-state index is -0.368. The number of nitrogens with zero attached hydrogens (tertiary/aromatic N) is 2. The van der Waals surface area contributed by atoms with Gasteiger partial charge in [0.25, 0.3) is 11.4 Å². The van der Waals surface area contributed by atoms with Crippen LogP contribution in [0.2, 0.25) is 0 Å². The van der Waals surface area contributed by atoms with E-state index in [1.165, 1.54) is 77.0 Å². The van der Waals surface area contributed by atoms with Gasteiger partial charge in [-0.3, -0.25) is 20.2 Å². The molecule has 0 aromatic heterocycles. The Kier molecular flexibility index (Phi) is 11.1. The number of unbranched alkanes of at least 4 members (excludes halogenated alkanes) is 4. The Labute approximate surface area is 240 Å². The molecule has 2 aromatic carbocycles. The van der Waals surface area contributed by atoms with Gasteiger partial charge in [-0.1, -0.05) is 77.3 Å². The van der Waals surface area contributed by atoms with E-state index in [1.54, 1.807) is 24.3 Å². The van der Waals surface area contributed by atoms with Gasteiger partial charge in [-0.05, 0) is 98.3 Å². The zero-order valence-corrected chi connectivity index (χ0v) is 24.6. The van der Waals surface area contributed by atoms with Crippen molar-refractivity contribution in [3.8, 4) is 11.1 Å². The minimum Gasteiger partial charge on any atom is -0.258 e. The van der Waals surface area contributed by atoms with Crippen molar-refractivity contribution in [2.45, 2.75) is 128 Å². The molecule has 2 aromatic rings. The van der Waals surface area contributed by atoms with E-state index in [9.17, 15) is 20.2 Å². The van der Waals surface area contributed by atoms with Crippen molar-refractivity contribution in [1.29, 1.82) is 0 Å². The molecule has 0 amide bonds. The van der Waals surface area contributed by atoms with Crippen molar-refractivity contribution in [1.82, 2.24) is 0 Å². The fourth-order valence-corrected chi connectivity index (χ4v) is 7.30. The number of nitro benzene ring substituents is 2. The van der Waals surface area contributed by atoms with E-state index in [-0.39, 0.29) is 21.2 Å². The highest BCUT2D eigenvalue weighted by Gasteiger charge is 2.29. The third kappa shape index (κ3) is 7.70. The second-order valence-corrected chi connectivity index (χ2v) is 12.5. The lowest BCUT2D eigenvalue weighted by Gasteiger charge is -2.29. The van der Waals surface area contributed by atoms with Crippen molar-refractivity contribution in [2.24, 2.45) is 11.8 Å². The maximum absolute atomic E-state index is 12.2. The molecule has 218 valence electrons. The number of hydrogen-bond acceptors (Lipinski definition) is 4. The molecule has 0 spiro atoms. The van der Waals surface area contributed by atoms with Crippen LogP contribution in [-0.4, -0.2) is 9.85 Å². The van der Waals surface area contributed by atoms with Gasteiger partial charge in [0.1, 0.15) is 0 Å². The van der Waals surface area contributed by atoms with Gasteiger partial charge in [0, 0.05) is 12.1 Å². The molecule has 40 heavy (non-hydrogen) atoms. The van der Waals surface area contributed by atoms with Crippen LogP contribution in [-0.2, 0) is 0 Å². The summed E-state index contributed by atoms with van der Waals surface area (Å²) in [5.41, 5.74) is 2.65. The van der Waals surface area contributed by atoms with E-state index in [0.29, 0.717) is 23.0 Å². The second kappa shape index (κ2) is 14.7. The summed E-state index contributed by atoms with van der Waals surface area (Å²) in [5, 5.41) is 24.4. The highest BCUT2D eigenvalue weighted by Crippen LogP contribution is 2.44. The van der Waals surface area contributed by atoms with Crippen molar-refractivity contribution in [3.63, 3.8) is 0 Å². The van der Waals surface area contributed by atoms with Crippen LogP contribution in [0.4, 0.5) is 11.4 Å². The first kappa shape index (κ1) is 30.2. The van der Waals surface area contributed by atoms with Crippen LogP contribution in [0.1, 0.15) is 140 Å². The van der Waals surface area contributed by atoms with Gasteiger partial charge in [-0.25, -0.2) is 0 Å². The maximum atomic E-state index is 12.2. The molecule has 0 heterocycles. The molecule has 0 radical (unpaired) electrons. The topological polar surface area (TPSA) is 86.3 Å². The molecule has 2 aliphatic rings. The number of hydrogen-bond donors (Lipinski definition) is 0. The average Bonchev–Trinajstić information content (AvgIpc) is 2.97.